The molecule has 1 heterocycles. The molecule has 1 N–H and O–H groups in total. The number of aryl methyl sites for hydroxylation is 1. The molecule has 1 atom stereocenters. The molecule has 0 spiro atoms. The monoisotopic (exact) mass is 325 g/mol. The second-order valence-corrected chi connectivity index (χ2v) is 7.61. The molecular weight excluding hydrogens is 306 g/mol. The van der Waals surface area contributed by atoms with Crippen molar-refractivity contribution in [3.05, 3.63) is 35.4 Å². The van der Waals surface area contributed by atoms with Gasteiger partial charge in [-0.25, -0.2) is 0 Å². The van der Waals surface area contributed by atoms with Gasteiger partial charge in [-0.3, -0.25) is 0 Å². The SMILES string of the molecule is CCNC(CSc1nnc(SC)s1)c1ccccc1C. The van der Waals surface area contributed by atoms with E-state index in [1.807, 2.05) is 6.26 Å². The molecule has 1 aromatic heterocycles. The Morgan fingerprint density at radius 1 is 1.25 bits per heavy atom. The molecule has 20 heavy (non-hydrogen) atoms. The van der Waals surface area contributed by atoms with E-state index in [0.29, 0.717) is 6.04 Å². The Balaban J connectivity index is 2.04. The van der Waals surface area contributed by atoms with Gasteiger partial charge in [0.15, 0.2) is 8.68 Å². The van der Waals surface area contributed by atoms with Crippen LogP contribution in [0.4, 0.5) is 0 Å². The van der Waals surface area contributed by atoms with Gasteiger partial charge in [0.05, 0.1) is 0 Å². The van der Waals surface area contributed by atoms with Gasteiger partial charge in [-0.1, -0.05) is 66.0 Å². The second-order valence-electron chi connectivity index (χ2n) is 4.32. The summed E-state index contributed by atoms with van der Waals surface area (Å²) >= 11 is 5.09. The summed E-state index contributed by atoms with van der Waals surface area (Å²) in [7, 11) is 0. The fourth-order valence-corrected chi connectivity index (χ4v) is 4.52. The second kappa shape index (κ2) is 8.02. The molecule has 0 saturated heterocycles. The highest BCUT2D eigenvalue weighted by Crippen LogP contribution is 2.30. The number of benzene rings is 1. The van der Waals surface area contributed by atoms with E-state index in [2.05, 4.69) is 53.6 Å². The maximum Gasteiger partial charge on any atom is 0.175 e. The zero-order chi connectivity index (χ0) is 14.4. The first-order chi connectivity index (χ1) is 9.74. The number of rotatable bonds is 7. The minimum absolute atomic E-state index is 0.354. The van der Waals surface area contributed by atoms with Crippen molar-refractivity contribution in [2.24, 2.45) is 0 Å². The first-order valence-electron chi connectivity index (χ1n) is 6.53. The van der Waals surface area contributed by atoms with Crippen molar-refractivity contribution in [1.82, 2.24) is 15.5 Å². The summed E-state index contributed by atoms with van der Waals surface area (Å²) in [6, 6.07) is 8.92. The van der Waals surface area contributed by atoms with Gasteiger partial charge in [-0.2, -0.15) is 0 Å². The zero-order valence-corrected chi connectivity index (χ0v) is 14.4. The molecule has 0 amide bonds. The summed E-state index contributed by atoms with van der Waals surface area (Å²) in [5.41, 5.74) is 2.71. The van der Waals surface area contributed by atoms with Gasteiger partial charge in [0, 0.05) is 11.8 Å². The normalized spacial score (nSPS) is 12.6. The maximum atomic E-state index is 4.22. The third-order valence-corrected chi connectivity index (χ3v) is 6.08. The molecule has 0 aliphatic rings. The molecule has 108 valence electrons. The lowest BCUT2D eigenvalue weighted by Gasteiger charge is -2.19. The summed E-state index contributed by atoms with van der Waals surface area (Å²) in [6.07, 6.45) is 2.03. The molecule has 2 aromatic rings. The van der Waals surface area contributed by atoms with Crippen LogP contribution in [-0.2, 0) is 0 Å². The largest absolute Gasteiger partial charge is 0.309 e. The van der Waals surface area contributed by atoms with Crippen LogP contribution in [0.3, 0.4) is 0 Å². The molecule has 6 heteroatoms. The summed E-state index contributed by atoms with van der Waals surface area (Å²) in [5, 5.41) is 11.9. The van der Waals surface area contributed by atoms with Crippen LogP contribution < -0.4 is 5.32 Å². The van der Waals surface area contributed by atoms with Gasteiger partial charge in [-0.05, 0) is 30.9 Å². The molecule has 0 radical (unpaired) electrons. The van der Waals surface area contributed by atoms with Crippen LogP contribution in [0.25, 0.3) is 0 Å². The molecule has 0 aliphatic heterocycles. The lowest BCUT2D eigenvalue weighted by Crippen LogP contribution is -2.23. The smallest absolute Gasteiger partial charge is 0.175 e. The maximum absolute atomic E-state index is 4.22. The van der Waals surface area contributed by atoms with E-state index in [0.717, 1.165) is 21.0 Å². The van der Waals surface area contributed by atoms with E-state index in [1.54, 1.807) is 34.9 Å². The van der Waals surface area contributed by atoms with Gasteiger partial charge in [-0.15, -0.1) is 10.2 Å². The standard InChI is InChI=1S/C14H19N3S3/c1-4-15-12(11-8-6-5-7-10(11)2)9-19-14-17-16-13(18-3)20-14/h5-8,12,15H,4,9H2,1-3H3. The molecule has 0 saturated carbocycles. The van der Waals surface area contributed by atoms with E-state index < -0.39 is 0 Å². The molecule has 0 bridgehead atoms. The average molecular weight is 326 g/mol. The first kappa shape index (κ1) is 15.8. The summed E-state index contributed by atoms with van der Waals surface area (Å²) in [4.78, 5) is 0. The van der Waals surface area contributed by atoms with Crippen molar-refractivity contribution < 1.29 is 0 Å². The lowest BCUT2D eigenvalue weighted by atomic mass is 10.0. The van der Waals surface area contributed by atoms with E-state index in [4.69, 9.17) is 0 Å². The third kappa shape index (κ3) is 4.22. The topological polar surface area (TPSA) is 37.8 Å². The highest BCUT2D eigenvalue weighted by molar-refractivity contribution is 8.02. The zero-order valence-electron chi connectivity index (χ0n) is 11.9. The summed E-state index contributed by atoms with van der Waals surface area (Å²) < 4.78 is 2.08. The van der Waals surface area contributed by atoms with Gasteiger partial charge < -0.3 is 5.32 Å². The molecule has 2 rings (SSSR count). The van der Waals surface area contributed by atoms with Crippen molar-refractivity contribution >= 4 is 34.9 Å². The van der Waals surface area contributed by atoms with Crippen molar-refractivity contribution in [2.45, 2.75) is 28.6 Å². The number of hydrogen-bond donors (Lipinski definition) is 1. The number of thioether (sulfide) groups is 2. The Kier molecular flexibility index (Phi) is 6.35. The van der Waals surface area contributed by atoms with Gasteiger partial charge in [0.2, 0.25) is 0 Å². The number of nitrogens with one attached hydrogen (secondary N) is 1. The predicted molar refractivity (Wildman–Crippen MR) is 90.0 cm³/mol. The Bertz CT molecular complexity index is 542. The van der Waals surface area contributed by atoms with E-state index >= 15 is 0 Å². The van der Waals surface area contributed by atoms with Crippen LogP contribution in [0.2, 0.25) is 0 Å². The van der Waals surface area contributed by atoms with Gasteiger partial charge in [0.25, 0.3) is 0 Å². The van der Waals surface area contributed by atoms with E-state index in [-0.39, 0.29) is 0 Å². The Labute approximate surface area is 133 Å². The summed E-state index contributed by atoms with van der Waals surface area (Å²) in [5.74, 6) is 0.974. The molecule has 1 unspecified atom stereocenters. The van der Waals surface area contributed by atoms with Crippen molar-refractivity contribution in [2.75, 3.05) is 18.6 Å². The third-order valence-electron chi connectivity index (χ3n) is 2.95. The highest BCUT2D eigenvalue weighted by Gasteiger charge is 2.14. The van der Waals surface area contributed by atoms with Crippen LogP contribution in [0.15, 0.2) is 32.9 Å². The lowest BCUT2D eigenvalue weighted by molar-refractivity contribution is 0.603. The van der Waals surface area contributed by atoms with Crippen LogP contribution in [0.1, 0.15) is 24.1 Å². The van der Waals surface area contributed by atoms with Crippen molar-refractivity contribution in [3.63, 3.8) is 0 Å². The first-order valence-corrected chi connectivity index (χ1v) is 9.56. The summed E-state index contributed by atoms with van der Waals surface area (Å²) in [6.45, 7) is 5.28. The number of hydrogen-bond acceptors (Lipinski definition) is 6. The molecule has 0 fully saturated rings. The Morgan fingerprint density at radius 3 is 2.65 bits per heavy atom. The molecule has 1 aromatic carbocycles. The van der Waals surface area contributed by atoms with Crippen LogP contribution in [-0.4, -0.2) is 28.8 Å². The molecule has 3 nitrogen and oxygen atoms in total. The molecule has 0 aliphatic carbocycles. The van der Waals surface area contributed by atoms with Gasteiger partial charge in [0.1, 0.15) is 0 Å². The Morgan fingerprint density at radius 2 is 2.00 bits per heavy atom. The fraction of sp³-hybridized carbons (Fsp3) is 0.429. The van der Waals surface area contributed by atoms with E-state index in [9.17, 15) is 0 Å². The van der Waals surface area contributed by atoms with Crippen LogP contribution in [0.5, 0.6) is 0 Å². The minimum Gasteiger partial charge on any atom is -0.309 e. The minimum atomic E-state index is 0.354. The Hall–Kier alpha value is -0.560. The van der Waals surface area contributed by atoms with Crippen LogP contribution in [0, 0.1) is 6.92 Å². The van der Waals surface area contributed by atoms with Crippen LogP contribution >= 0.6 is 34.9 Å². The van der Waals surface area contributed by atoms with Crippen molar-refractivity contribution in [3.8, 4) is 0 Å². The fourth-order valence-electron chi connectivity index (χ4n) is 1.98. The highest BCUT2D eigenvalue weighted by atomic mass is 32.2. The van der Waals surface area contributed by atoms with E-state index in [1.165, 1.54) is 11.1 Å². The van der Waals surface area contributed by atoms with Crippen molar-refractivity contribution in [1.29, 1.82) is 0 Å². The number of aromatic nitrogens is 2. The number of nitrogens with zero attached hydrogens (tertiary/aromatic N) is 2. The molecular formula is C14H19N3S3. The van der Waals surface area contributed by atoms with Gasteiger partial charge >= 0.3 is 0 Å². The average Bonchev–Trinajstić information content (AvgIpc) is 2.92. The predicted octanol–water partition coefficient (Wildman–Crippen LogP) is 4.01. The quantitative estimate of drug-likeness (QED) is 0.779.